The van der Waals surface area contributed by atoms with Gasteiger partial charge in [-0.2, -0.15) is 0 Å². The van der Waals surface area contributed by atoms with Crippen LogP contribution in [0, 0.1) is 0 Å². The van der Waals surface area contributed by atoms with Gasteiger partial charge in [-0.3, -0.25) is 4.98 Å². The van der Waals surface area contributed by atoms with Crippen molar-refractivity contribution in [2.24, 2.45) is 0 Å². The molecule has 0 radical (unpaired) electrons. The molecule has 0 aliphatic carbocycles. The standard InChI is InChI=1S/C9H6ClNO2S/c1-13-9(12)7-2-5-6(10)3-11-4-8(5)14-7/h2-4H,1H3. The van der Waals surface area contributed by atoms with Crippen molar-refractivity contribution in [1.29, 1.82) is 0 Å². The summed E-state index contributed by atoms with van der Waals surface area (Å²) in [5, 5.41) is 1.39. The van der Waals surface area contributed by atoms with Crippen molar-refractivity contribution in [3.8, 4) is 0 Å². The van der Waals surface area contributed by atoms with Gasteiger partial charge in [-0.05, 0) is 6.07 Å². The smallest absolute Gasteiger partial charge is 0.348 e. The average Bonchev–Trinajstić information content (AvgIpc) is 2.62. The molecule has 72 valence electrons. The molecule has 2 aromatic heterocycles. The van der Waals surface area contributed by atoms with E-state index < -0.39 is 0 Å². The summed E-state index contributed by atoms with van der Waals surface area (Å²) in [5.41, 5.74) is 0. The molecule has 0 fully saturated rings. The molecule has 0 spiro atoms. The van der Waals surface area contributed by atoms with Crippen LogP contribution in [0.1, 0.15) is 9.67 Å². The van der Waals surface area contributed by atoms with Crippen molar-refractivity contribution >= 4 is 39.0 Å². The summed E-state index contributed by atoms with van der Waals surface area (Å²) < 4.78 is 5.50. The van der Waals surface area contributed by atoms with E-state index in [4.69, 9.17) is 11.6 Å². The maximum absolute atomic E-state index is 11.2. The van der Waals surface area contributed by atoms with Crippen LogP contribution in [0.25, 0.3) is 10.1 Å². The Morgan fingerprint density at radius 1 is 1.57 bits per heavy atom. The molecule has 3 nitrogen and oxygen atoms in total. The molecular formula is C9H6ClNO2S. The first kappa shape index (κ1) is 9.43. The van der Waals surface area contributed by atoms with Crippen LogP contribution in [-0.4, -0.2) is 18.1 Å². The molecule has 0 atom stereocenters. The Kier molecular flexibility index (Phi) is 2.39. The summed E-state index contributed by atoms with van der Waals surface area (Å²) in [6.07, 6.45) is 3.23. The first-order chi connectivity index (χ1) is 6.72. The maximum Gasteiger partial charge on any atom is 0.348 e. The second kappa shape index (κ2) is 3.55. The number of thiophene rings is 1. The average molecular weight is 228 g/mol. The van der Waals surface area contributed by atoms with E-state index in [2.05, 4.69) is 9.72 Å². The summed E-state index contributed by atoms with van der Waals surface area (Å²) in [4.78, 5) is 15.7. The zero-order chi connectivity index (χ0) is 10.1. The second-order valence-electron chi connectivity index (χ2n) is 2.64. The number of carbonyl (C=O) groups excluding carboxylic acids is 1. The number of aromatic nitrogens is 1. The van der Waals surface area contributed by atoms with Crippen LogP contribution in [0.4, 0.5) is 0 Å². The highest BCUT2D eigenvalue weighted by molar-refractivity contribution is 7.20. The molecule has 0 saturated carbocycles. The van der Waals surface area contributed by atoms with Crippen LogP contribution in [-0.2, 0) is 4.74 Å². The Balaban J connectivity index is 2.62. The van der Waals surface area contributed by atoms with E-state index in [0.717, 1.165) is 10.1 Å². The van der Waals surface area contributed by atoms with Gasteiger partial charge >= 0.3 is 5.97 Å². The summed E-state index contributed by atoms with van der Waals surface area (Å²) in [6, 6.07) is 1.72. The molecule has 14 heavy (non-hydrogen) atoms. The fourth-order valence-corrected chi connectivity index (χ4v) is 2.37. The number of hydrogen-bond donors (Lipinski definition) is 0. The van der Waals surface area contributed by atoms with Gasteiger partial charge in [-0.25, -0.2) is 4.79 Å². The second-order valence-corrected chi connectivity index (χ2v) is 4.13. The minimum atomic E-state index is -0.345. The van der Waals surface area contributed by atoms with Crippen LogP contribution >= 0.6 is 22.9 Å². The third-order valence-corrected chi connectivity index (χ3v) is 3.14. The highest BCUT2D eigenvalue weighted by Crippen LogP contribution is 2.30. The van der Waals surface area contributed by atoms with E-state index in [1.54, 1.807) is 18.5 Å². The van der Waals surface area contributed by atoms with Gasteiger partial charge in [0.15, 0.2) is 0 Å². The van der Waals surface area contributed by atoms with Crippen molar-refractivity contribution in [2.75, 3.05) is 7.11 Å². The fraction of sp³-hybridized carbons (Fsp3) is 0.111. The molecule has 0 aliphatic rings. The van der Waals surface area contributed by atoms with Crippen molar-refractivity contribution in [1.82, 2.24) is 4.98 Å². The summed E-state index contributed by atoms with van der Waals surface area (Å²) in [7, 11) is 1.35. The lowest BCUT2D eigenvalue weighted by Crippen LogP contribution is -1.96. The lowest BCUT2D eigenvalue weighted by Gasteiger charge is -1.90. The van der Waals surface area contributed by atoms with Crippen LogP contribution in [0.5, 0.6) is 0 Å². The molecule has 0 unspecified atom stereocenters. The molecule has 0 aliphatic heterocycles. The molecule has 0 N–H and O–H groups in total. The summed E-state index contributed by atoms with van der Waals surface area (Å²) in [6.45, 7) is 0. The van der Waals surface area contributed by atoms with Crippen molar-refractivity contribution in [3.63, 3.8) is 0 Å². The van der Waals surface area contributed by atoms with Gasteiger partial charge < -0.3 is 4.74 Å². The first-order valence-electron chi connectivity index (χ1n) is 3.83. The van der Waals surface area contributed by atoms with Crippen LogP contribution in [0.15, 0.2) is 18.5 Å². The number of rotatable bonds is 1. The third-order valence-electron chi connectivity index (χ3n) is 1.78. The number of fused-ring (bicyclic) bond motifs is 1. The van der Waals surface area contributed by atoms with Gasteiger partial charge in [0.1, 0.15) is 4.88 Å². The van der Waals surface area contributed by atoms with Crippen molar-refractivity contribution in [3.05, 3.63) is 28.4 Å². The predicted molar refractivity (Wildman–Crippen MR) is 56.0 cm³/mol. The van der Waals surface area contributed by atoms with E-state index in [1.807, 2.05) is 0 Å². The fourth-order valence-electron chi connectivity index (χ4n) is 1.13. The zero-order valence-corrected chi connectivity index (χ0v) is 8.85. The molecule has 2 heterocycles. The van der Waals surface area contributed by atoms with E-state index in [0.29, 0.717) is 9.90 Å². The number of hydrogen-bond acceptors (Lipinski definition) is 4. The molecule has 2 aromatic rings. The monoisotopic (exact) mass is 227 g/mol. The van der Waals surface area contributed by atoms with Gasteiger partial charge in [-0.15, -0.1) is 11.3 Å². The van der Waals surface area contributed by atoms with Gasteiger partial charge in [0, 0.05) is 17.8 Å². The molecule has 5 heteroatoms. The first-order valence-corrected chi connectivity index (χ1v) is 5.03. The van der Waals surface area contributed by atoms with Crippen molar-refractivity contribution < 1.29 is 9.53 Å². The van der Waals surface area contributed by atoms with Gasteiger partial charge in [0.2, 0.25) is 0 Å². The Morgan fingerprint density at radius 2 is 2.36 bits per heavy atom. The number of nitrogens with zero attached hydrogens (tertiary/aromatic N) is 1. The molecule has 2 rings (SSSR count). The lowest BCUT2D eigenvalue weighted by atomic mass is 10.3. The van der Waals surface area contributed by atoms with E-state index in [9.17, 15) is 4.79 Å². The predicted octanol–water partition coefficient (Wildman–Crippen LogP) is 2.74. The highest BCUT2D eigenvalue weighted by atomic mass is 35.5. The minimum Gasteiger partial charge on any atom is -0.465 e. The molecular weight excluding hydrogens is 222 g/mol. The summed E-state index contributed by atoms with van der Waals surface area (Å²) >= 11 is 7.23. The number of carbonyl (C=O) groups is 1. The van der Waals surface area contributed by atoms with Crippen LogP contribution < -0.4 is 0 Å². The van der Waals surface area contributed by atoms with Gasteiger partial charge in [0.25, 0.3) is 0 Å². The highest BCUT2D eigenvalue weighted by Gasteiger charge is 2.11. The van der Waals surface area contributed by atoms with E-state index >= 15 is 0 Å². The Labute approximate surface area is 89.3 Å². The minimum absolute atomic E-state index is 0.345. The van der Waals surface area contributed by atoms with Gasteiger partial charge in [0.05, 0.1) is 16.8 Å². The number of ether oxygens (including phenoxy) is 1. The number of halogens is 1. The molecule has 0 aromatic carbocycles. The number of methoxy groups -OCH3 is 1. The van der Waals surface area contributed by atoms with Crippen molar-refractivity contribution in [2.45, 2.75) is 0 Å². The molecule has 0 bridgehead atoms. The normalized spacial score (nSPS) is 10.4. The third kappa shape index (κ3) is 1.47. The molecule has 0 amide bonds. The number of esters is 1. The lowest BCUT2D eigenvalue weighted by molar-refractivity contribution is 0.0606. The topological polar surface area (TPSA) is 39.2 Å². The van der Waals surface area contributed by atoms with Crippen LogP contribution in [0.3, 0.4) is 0 Å². The molecule has 0 saturated heterocycles. The van der Waals surface area contributed by atoms with Gasteiger partial charge in [-0.1, -0.05) is 11.6 Å². The zero-order valence-electron chi connectivity index (χ0n) is 7.28. The Morgan fingerprint density at radius 3 is 3.00 bits per heavy atom. The quantitative estimate of drug-likeness (QED) is 0.704. The maximum atomic E-state index is 11.2. The van der Waals surface area contributed by atoms with E-state index in [1.165, 1.54) is 18.4 Å². The van der Waals surface area contributed by atoms with E-state index in [-0.39, 0.29) is 5.97 Å². The Bertz CT molecular complexity index is 495. The summed E-state index contributed by atoms with van der Waals surface area (Å²) in [5.74, 6) is -0.345. The number of pyridine rings is 1. The SMILES string of the molecule is COC(=O)c1cc2c(Cl)cncc2s1. The Hall–Kier alpha value is -1.13. The van der Waals surface area contributed by atoms with Crippen LogP contribution in [0.2, 0.25) is 5.02 Å². The largest absolute Gasteiger partial charge is 0.465 e.